The Morgan fingerprint density at radius 3 is 2.54 bits per heavy atom. The van der Waals surface area contributed by atoms with E-state index in [4.69, 9.17) is 5.10 Å². The number of hydrogen-bond acceptors (Lipinski definition) is 3. The van der Waals surface area contributed by atoms with Gasteiger partial charge in [-0.1, -0.05) is 42.5 Å². The van der Waals surface area contributed by atoms with Crippen LogP contribution in [0.4, 0.5) is 4.39 Å². The van der Waals surface area contributed by atoms with Crippen molar-refractivity contribution in [2.75, 3.05) is 0 Å². The number of aromatic nitrogens is 3. The number of rotatable bonds is 2. The van der Waals surface area contributed by atoms with E-state index in [9.17, 15) is 9.18 Å². The van der Waals surface area contributed by atoms with Gasteiger partial charge in [0.05, 0.1) is 17.0 Å². The summed E-state index contributed by atoms with van der Waals surface area (Å²) in [7, 11) is 0. The summed E-state index contributed by atoms with van der Waals surface area (Å²) >= 11 is 0. The smallest absolute Gasteiger partial charge is 0.166 e. The molecule has 4 aromatic rings. The Balaban J connectivity index is 1.66. The van der Waals surface area contributed by atoms with Crippen LogP contribution in [0.25, 0.3) is 16.8 Å². The number of fused-ring (bicyclic) bond motifs is 3. The van der Waals surface area contributed by atoms with Crippen LogP contribution in [-0.4, -0.2) is 20.4 Å². The molecular formula is C23H18FN3O. The molecule has 4 nitrogen and oxygen atoms in total. The normalized spacial score (nSPS) is 16.4. The Labute approximate surface area is 161 Å². The standard InChI is InChI=1S/C23H18FN3O/c1-14-22(16-5-3-2-4-6-16)23-25-13-19-20(27(23)26-14)11-17(12-21(19)28)15-7-9-18(24)10-8-15/h2-10,13,17H,11-12H2,1H3/t17-/m1/s1. The maximum Gasteiger partial charge on any atom is 0.166 e. The molecule has 1 aliphatic rings. The Kier molecular flexibility index (Phi) is 3.83. The zero-order chi connectivity index (χ0) is 19.3. The molecular weight excluding hydrogens is 353 g/mol. The molecule has 138 valence electrons. The van der Waals surface area contributed by atoms with Gasteiger partial charge < -0.3 is 0 Å². The molecule has 1 atom stereocenters. The maximum absolute atomic E-state index is 13.3. The van der Waals surface area contributed by atoms with E-state index in [1.54, 1.807) is 18.3 Å². The average molecular weight is 371 g/mol. The van der Waals surface area contributed by atoms with Crippen molar-refractivity contribution in [1.82, 2.24) is 14.6 Å². The van der Waals surface area contributed by atoms with Crippen molar-refractivity contribution in [3.63, 3.8) is 0 Å². The van der Waals surface area contributed by atoms with Gasteiger partial charge in [-0.15, -0.1) is 0 Å². The molecule has 0 saturated heterocycles. The van der Waals surface area contributed by atoms with Crippen LogP contribution in [0.2, 0.25) is 0 Å². The van der Waals surface area contributed by atoms with Crippen LogP contribution in [0.1, 0.15) is 39.6 Å². The van der Waals surface area contributed by atoms with E-state index >= 15 is 0 Å². The highest BCUT2D eigenvalue weighted by Crippen LogP contribution is 2.35. The van der Waals surface area contributed by atoms with Crippen molar-refractivity contribution >= 4 is 11.4 Å². The van der Waals surface area contributed by atoms with Gasteiger partial charge >= 0.3 is 0 Å². The molecule has 0 fully saturated rings. The first-order chi connectivity index (χ1) is 13.6. The molecule has 0 spiro atoms. The molecule has 0 amide bonds. The van der Waals surface area contributed by atoms with Crippen molar-refractivity contribution in [1.29, 1.82) is 0 Å². The predicted octanol–water partition coefficient (Wildman–Crippen LogP) is 4.76. The van der Waals surface area contributed by atoms with Crippen LogP contribution in [0.5, 0.6) is 0 Å². The fourth-order valence-corrected chi connectivity index (χ4v) is 4.12. The molecule has 2 aromatic carbocycles. The maximum atomic E-state index is 13.3. The Hall–Kier alpha value is -3.34. The molecule has 0 radical (unpaired) electrons. The quantitative estimate of drug-likeness (QED) is 0.511. The van der Waals surface area contributed by atoms with Crippen LogP contribution in [-0.2, 0) is 6.42 Å². The van der Waals surface area contributed by atoms with E-state index in [-0.39, 0.29) is 17.5 Å². The van der Waals surface area contributed by atoms with Gasteiger partial charge in [-0.2, -0.15) is 5.10 Å². The van der Waals surface area contributed by atoms with E-state index in [2.05, 4.69) is 4.98 Å². The van der Waals surface area contributed by atoms with Gasteiger partial charge in [0.2, 0.25) is 0 Å². The van der Waals surface area contributed by atoms with Crippen LogP contribution in [0.15, 0.2) is 60.8 Å². The Morgan fingerprint density at radius 1 is 1.04 bits per heavy atom. The molecule has 2 heterocycles. The first-order valence-electron chi connectivity index (χ1n) is 9.33. The summed E-state index contributed by atoms with van der Waals surface area (Å²) in [5, 5.41) is 4.72. The van der Waals surface area contributed by atoms with Crippen molar-refractivity contribution in [2.24, 2.45) is 0 Å². The van der Waals surface area contributed by atoms with Crippen molar-refractivity contribution in [3.05, 3.63) is 89.1 Å². The third-order valence-electron chi connectivity index (χ3n) is 5.49. The van der Waals surface area contributed by atoms with Gasteiger partial charge in [0.15, 0.2) is 11.4 Å². The predicted molar refractivity (Wildman–Crippen MR) is 105 cm³/mol. The lowest BCUT2D eigenvalue weighted by atomic mass is 9.82. The summed E-state index contributed by atoms with van der Waals surface area (Å²) in [4.78, 5) is 17.4. The molecule has 0 unspecified atom stereocenters. The number of Topliss-reactive ketones (excluding diaryl/α,β-unsaturated/α-hetero) is 1. The summed E-state index contributed by atoms with van der Waals surface area (Å²) in [5.41, 5.74) is 6.16. The lowest BCUT2D eigenvalue weighted by molar-refractivity contribution is 0.0962. The monoisotopic (exact) mass is 371 g/mol. The molecule has 0 aliphatic heterocycles. The third-order valence-corrected chi connectivity index (χ3v) is 5.49. The summed E-state index contributed by atoms with van der Waals surface area (Å²) in [5.74, 6) is -0.205. The molecule has 0 N–H and O–H groups in total. The van der Waals surface area contributed by atoms with E-state index in [0.717, 1.165) is 33.7 Å². The van der Waals surface area contributed by atoms with E-state index < -0.39 is 0 Å². The highest BCUT2D eigenvalue weighted by Gasteiger charge is 2.30. The van der Waals surface area contributed by atoms with Gasteiger partial charge in [-0.05, 0) is 42.5 Å². The van der Waals surface area contributed by atoms with Crippen LogP contribution in [0, 0.1) is 12.7 Å². The van der Waals surface area contributed by atoms with E-state index in [1.807, 2.05) is 41.8 Å². The molecule has 0 bridgehead atoms. The number of halogens is 1. The second-order valence-corrected chi connectivity index (χ2v) is 7.26. The zero-order valence-electron chi connectivity index (χ0n) is 15.4. The Bertz CT molecular complexity index is 1200. The van der Waals surface area contributed by atoms with Gasteiger partial charge in [0.1, 0.15) is 5.82 Å². The minimum absolute atomic E-state index is 0.0101. The van der Waals surface area contributed by atoms with Gasteiger partial charge in [-0.25, -0.2) is 13.9 Å². The fraction of sp³-hybridized carbons (Fsp3) is 0.174. The number of hydrogen-bond donors (Lipinski definition) is 0. The third kappa shape index (κ3) is 2.62. The number of carbonyl (C=O) groups is 1. The molecule has 5 heteroatoms. The highest BCUT2D eigenvalue weighted by atomic mass is 19.1. The second-order valence-electron chi connectivity index (χ2n) is 7.26. The molecule has 2 aromatic heterocycles. The number of benzene rings is 2. The largest absolute Gasteiger partial charge is 0.294 e. The topological polar surface area (TPSA) is 47.3 Å². The van der Waals surface area contributed by atoms with Gasteiger partial charge in [-0.3, -0.25) is 4.79 Å². The molecule has 0 saturated carbocycles. The number of aryl methyl sites for hydroxylation is 1. The summed E-state index contributed by atoms with van der Waals surface area (Å²) in [6.07, 6.45) is 2.75. The van der Waals surface area contributed by atoms with Crippen LogP contribution >= 0.6 is 0 Å². The van der Waals surface area contributed by atoms with Crippen molar-refractivity contribution < 1.29 is 9.18 Å². The number of nitrogens with zero attached hydrogens (tertiary/aromatic N) is 3. The van der Waals surface area contributed by atoms with Gasteiger partial charge in [0.25, 0.3) is 0 Å². The van der Waals surface area contributed by atoms with Crippen LogP contribution in [0.3, 0.4) is 0 Å². The fourth-order valence-electron chi connectivity index (χ4n) is 4.12. The first kappa shape index (κ1) is 16.8. The van der Waals surface area contributed by atoms with Crippen LogP contribution < -0.4 is 0 Å². The summed E-state index contributed by atoms with van der Waals surface area (Å²) in [6, 6.07) is 16.5. The summed E-state index contributed by atoms with van der Waals surface area (Å²) < 4.78 is 15.1. The second kappa shape index (κ2) is 6.37. The zero-order valence-corrected chi connectivity index (χ0v) is 15.4. The molecule has 28 heavy (non-hydrogen) atoms. The Morgan fingerprint density at radius 2 is 1.79 bits per heavy atom. The average Bonchev–Trinajstić information content (AvgIpc) is 3.05. The number of ketones is 1. The minimum Gasteiger partial charge on any atom is -0.294 e. The minimum atomic E-state index is -0.270. The first-order valence-corrected chi connectivity index (χ1v) is 9.33. The molecule has 5 rings (SSSR count). The SMILES string of the molecule is Cc1nn2c3c(cnc2c1-c1ccccc1)C(=O)C[C@H](c1ccc(F)cc1)C3. The van der Waals surface area contributed by atoms with Crippen molar-refractivity contribution in [3.8, 4) is 11.1 Å². The van der Waals surface area contributed by atoms with Gasteiger partial charge in [0, 0.05) is 18.2 Å². The lowest BCUT2D eigenvalue weighted by Gasteiger charge is -2.24. The van der Waals surface area contributed by atoms with Crippen molar-refractivity contribution in [2.45, 2.75) is 25.7 Å². The summed E-state index contributed by atoms with van der Waals surface area (Å²) in [6.45, 7) is 1.96. The van der Waals surface area contributed by atoms with E-state index in [0.29, 0.717) is 18.4 Å². The lowest BCUT2D eigenvalue weighted by Crippen LogP contribution is -2.22. The van der Waals surface area contributed by atoms with E-state index in [1.165, 1.54) is 12.1 Å². The highest BCUT2D eigenvalue weighted by molar-refractivity contribution is 5.99. The molecule has 1 aliphatic carbocycles. The number of carbonyl (C=O) groups excluding carboxylic acids is 1.